The number of sulfonamides is 1. The summed E-state index contributed by atoms with van der Waals surface area (Å²) in [5.74, 6) is 1.20. The summed E-state index contributed by atoms with van der Waals surface area (Å²) >= 11 is 0. The highest BCUT2D eigenvalue weighted by Gasteiger charge is 2.18. The average molecular weight is 348 g/mol. The minimum atomic E-state index is -3.70. The lowest BCUT2D eigenvalue weighted by molar-refractivity contribution is 0.402. The van der Waals surface area contributed by atoms with E-state index in [0.717, 1.165) is 9.98 Å². The van der Waals surface area contributed by atoms with E-state index in [-0.39, 0.29) is 4.90 Å². The van der Waals surface area contributed by atoms with Crippen LogP contribution in [0.4, 0.5) is 0 Å². The highest BCUT2D eigenvalue weighted by molar-refractivity contribution is 7.89. The predicted molar refractivity (Wildman–Crippen MR) is 93.3 cm³/mol. The molecule has 0 fully saturated rings. The lowest BCUT2D eigenvalue weighted by Gasteiger charge is -2.14. The third-order valence-electron chi connectivity index (χ3n) is 3.46. The molecule has 0 aliphatic heterocycles. The van der Waals surface area contributed by atoms with Crippen LogP contribution in [0.25, 0.3) is 0 Å². The van der Waals surface area contributed by atoms with Crippen LogP contribution in [0, 0.1) is 6.92 Å². The van der Waals surface area contributed by atoms with Crippen LogP contribution < -0.4 is 9.47 Å². The minimum absolute atomic E-state index is 0.186. The molecule has 2 aromatic rings. The summed E-state index contributed by atoms with van der Waals surface area (Å²) in [7, 11) is 0.775. The van der Waals surface area contributed by atoms with E-state index in [2.05, 4.69) is 5.10 Å². The van der Waals surface area contributed by atoms with Crippen LogP contribution >= 0.6 is 0 Å². The first-order valence-corrected chi connectivity index (χ1v) is 8.64. The largest absolute Gasteiger partial charge is 0.497 e. The highest BCUT2D eigenvalue weighted by Crippen LogP contribution is 2.23. The Balaban J connectivity index is 2.29. The van der Waals surface area contributed by atoms with Crippen LogP contribution in [0.15, 0.2) is 52.5 Å². The van der Waals surface area contributed by atoms with Gasteiger partial charge in [0.15, 0.2) is 0 Å². The number of hydrazone groups is 1. The Morgan fingerprint density at radius 2 is 1.71 bits per heavy atom. The zero-order chi connectivity index (χ0) is 17.7. The number of hydrogen-bond acceptors (Lipinski definition) is 5. The summed E-state index contributed by atoms with van der Waals surface area (Å²) in [6.07, 6.45) is 1.42. The Labute approximate surface area is 142 Å². The van der Waals surface area contributed by atoms with Gasteiger partial charge in [-0.2, -0.15) is 17.9 Å². The van der Waals surface area contributed by atoms with Gasteiger partial charge in [-0.3, -0.25) is 0 Å². The van der Waals surface area contributed by atoms with Crippen LogP contribution in [0.5, 0.6) is 11.5 Å². The number of nitrogens with zero attached hydrogens (tertiary/aromatic N) is 2. The molecule has 0 radical (unpaired) electrons. The maximum atomic E-state index is 12.5. The highest BCUT2D eigenvalue weighted by atomic mass is 32.2. The van der Waals surface area contributed by atoms with Crippen LogP contribution in [0.2, 0.25) is 0 Å². The molecule has 0 unspecified atom stereocenters. The van der Waals surface area contributed by atoms with E-state index in [1.165, 1.54) is 20.4 Å². The van der Waals surface area contributed by atoms with Crippen LogP contribution in [0.1, 0.15) is 11.1 Å². The second-order valence-electron chi connectivity index (χ2n) is 5.10. The van der Waals surface area contributed by atoms with Crippen molar-refractivity contribution in [3.05, 3.63) is 53.6 Å². The van der Waals surface area contributed by atoms with Gasteiger partial charge in [-0.05, 0) is 37.3 Å². The molecule has 2 aromatic carbocycles. The van der Waals surface area contributed by atoms with Gasteiger partial charge in [-0.25, -0.2) is 0 Å². The summed E-state index contributed by atoms with van der Waals surface area (Å²) in [4.78, 5) is 0.186. The molecule has 0 aliphatic rings. The summed E-state index contributed by atoms with van der Waals surface area (Å²) in [5, 5.41) is 4.03. The molecule has 6 nitrogen and oxygen atoms in total. The first-order chi connectivity index (χ1) is 11.4. The van der Waals surface area contributed by atoms with E-state index in [0.29, 0.717) is 17.1 Å². The van der Waals surface area contributed by atoms with Crippen LogP contribution in [-0.2, 0) is 10.0 Å². The van der Waals surface area contributed by atoms with Crippen molar-refractivity contribution in [3.8, 4) is 11.5 Å². The molecule has 0 aliphatic carbocycles. The van der Waals surface area contributed by atoms with E-state index in [4.69, 9.17) is 9.47 Å². The molecule has 0 bridgehead atoms. The van der Waals surface area contributed by atoms with Gasteiger partial charge in [0.2, 0.25) is 0 Å². The SMILES string of the molecule is COc1ccc(OC)c(C=NN(C)S(=O)(=O)c2ccc(C)cc2)c1. The zero-order valence-electron chi connectivity index (χ0n) is 14.1. The van der Waals surface area contributed by atoms with Crippen LogP contribution in [-0.4, -0.2) is 40.3 Å². The quantitative estimate of drug-likeness (QED) is 0.594. The number of benzene rings is 2. The average Bonchev–Trinajstić information content (AvgIpc) is 2.59. The molecule has 0 saturated heterocycles. The number of ether oxygens (including phenoxy) is 2. The first-order valence-electron chi connectivity index (χ1n) is 7.20. The fourth-order valence-electron chi connectivity index (χ4n) is 2.01. The standard InChI is InChI=1S/C17H20N2O4S/c1-13-5-8-16(9-6-13)24(20,21)19(2)18-12-14-11-15(22-3)7-10-17(14)23-4/h5-12H,1-4H3. The fraction of sp³-hybridized carbons (Fsp3) is 0.235. The Kier molecular flexibility index (Phi) is 5.46. The van der Waals surface area contributed by atoms with Crippen molar-refractivity contribution in [1.29, 1.82) is 0 Å². The van der Waals surface area contributed by atoms with E-state index < -0.39 is 10.0 Å². The third-order valence-corrected chi connectivity index (χ3v) is 5.12. The molecular weight excluding hydrogens is 328 g/mol. The van der Waals surface area contributed by atoms with Crippen molar-refractivity contribution in [1.82, 2.24) is 4.41 Å². The van der Waals surface area contributed by atoms with Gasteiger partial charge in [0.1, 0.15) is 11.5 Å². The van der Waals surface area contributed by atoms with Crippen molar-refractivity contribution in [2.45, 2.75) is 11.8 Å². The molecule has 24 heavy (non-hydrogen) atoms. The summed E-state index contributed by atoms with van der Waals surface area (Å²) in [6.45, 7) is 1.90. The predicted octanol–water partition coefficient (Wildman–Crippen LogP) is 2.67. The number of methoxy groups -OCH3 is 2. The van der Waals surface area contributed by atoms with Gasteiger partial charge >= 0.3 is 0 Å². The molecule has 0 heterocycles. The molecule has 0 spiro atoms. The molecular formula is C17H20N2O4S. The second kappa shape index (κ2) is 7.35. The summed E-state index contributed by atoms with van der Waals surface area (Å²) in [6, 6.07) is 11.8. The number of hydrogen-bond donors (Lipinski definition) is 0. The minimum Gasteiger partial charge on any atom is -0.497 e. The zero-order valence-corrected chi connectivity index (χ0v) is 14.9. The fourth-order valence-corrected chi connectivity index (χ4v) is 2.97. The Morgan fingerprint density at radius 1 is 1.04 bits per heavy atom. The van der Waals surface area contributed by atoms with E-state index in [9.17, 15) is 8.42 Å². The maximum Gasteiger partial charge on any atom is 0.278 e. The van der Waals surface area contributed by atoms with E-state index in [1.54, 1.807) is 49.6 Å². The lowest BCUT2D eigenvalue weighted by Crippen LogP contribution is -2.21. The molecule has 0 amide bonds. The van der Waals surface area contributed by atoms with E-state index >= 15 is 0 Å². The molecule has 0 atom stereocenters. The topological polar surface area (TPSA) is 68.2 Å². The van der Waals surface area contributed by atoms with Gasteiger partial charge in [0, 0.05) is 12.6 Å². The van der Waals surface area contributed by atoms with Crippen molar-refractivity contribution in [2.24, 2.45) is 5.10 Å². The van der Waals surface area contributed by atoms with Gasteiger partial charge < -0.3 is 9.47 Å². The van der Waals surface area contributed by atoms with Crippen molar-refractivity contribution in [3.63, 3.8) is 0 Å². The van der Waals surface area contributed by atoms with Crippen LogP contribution in [0.3, 0.4) is 0 Å². The maximum absolute atomic E-state index is 12.5. The Morgan fingerprint density at radius 3 is 2.29 bits per heavy atom. The molecule has 2 rings (SSSR count). The number of rotatable bonds is 6. The first kappa shape index (κ1) is 17.8. The lowest BCUT2D eigenvalue weighted by atomic mass is 10.2. The molecule has 0 saturated carbocycles. The van der Waals surface area contributed by atoms with Gasteiger partial charge in [-0.1, -0.05) is 17.7 Å². The molecule has 0 N–H and O–H groups in total. The summed E-state index contributed by atoms with van der Waals surface area (Å²) in [5.41, 5.74) is 1.60. The molecule has 7 heteroatoms. The van der Waals surface area contributed by atoms with Gasteiger partial charge in [-0.15, -0.1) is 0 Å². The van der Waals surface area contributed by atoms with Crippen molar-refractivity contribution in [2.75, 3.05) is 21.3 Å². The monoisotopic (exact) mass is 348 g/mol. The smallest absolute Gasteiger partial charge is 0.278 e. The van der Waals surface area contributed by atoms with Gasteiger partial charge in [0.05, 0.1) is 25.3 Å². The molecule has 0 aromatic heterocycles. The van der Waals surface area contributed by atoms with Crippen molar-refractivity contribution >= 4 is 16.2 Å². The normalized spacial score (nSPS) is 11.5. The van der Waals surface area contributed by atoms with Crippen molar-refractivity contribution < 1.29 is 17.9 Å². The Hall–Kier alpha value is -2.54. The van der Waals surface area contributed by atoms with E-state index in [1.807, 2.05) is 6.92 Å². The second-order valence-corrected chi connectivity index (χ2v) is 7.05. The number of aryl methyl sites for hydroxylation is 1. The third kappa shape index (κ3) is 3.86. The summed E-state index contributed by atoms with van der Waals surface area (Å²) < 4.78 is 36.3. The van der Waals surface area contributed by atoms with Gasteiger partial charge in [0.25, 0.3) is 10.0 Å². The Bertz CT molecular complexity index is 830. The molecule has 128 valence electrons.